The number of benzene rings is 2. The SMILES string of the molecule is COc1cc(C(=O)N2CCN(C(=O)c3ccc(C)s3)CC2)ccc1OCc1ccccc1. The van der Waals surface area contributed by atoms with Gasteiger partial charge in [-0.15, -0.1) is 11.3 Å². The topological polar surface area (TPSA) is 59.1 Å². The second-order valence-corrected chi connectivity index (χ2v) is 8.92. The third-order valence-electron chi connectivity index (χ3n) is 5.45. The van der Waals surface area contributed by atoms with Crippen molar-refractivity contribution < 1.29 is 19.1 Å². The second-order valence-electron chi connectivity index (χ2n) is 7.63. The van der Waals surface area contributed by atoms with E-state index in [1.165, 1.54) is 11.3 Å². The Hall–Kier alpha value is -3.32. The van der Waals surface area contributed by atoms with E-state index in [1.54, 1.807) is 30.2 Å². The van der Waals surface area contributed by atoms with Crippen LogP contribution in [0.2, 0.25) is 0 Å². The number of ether oxygens (including phenoxy) is 2. The van der Waals surface area contributed by atoms with Gasteiger partial charge in [0.05, 0.1) is 12.0 Å². The maximum atomic E-state index is 13.0. The molecule has 0 N–H and O–H groups in total. The molecule has 0 unspecified atom stereocenters. The maximum Gasteiger partial charge on any atom is 0.264 e. The highest BCUT2D eigenvalue weighted by Gasteiger charge is 2.26. The number of methoxy groups -OCH3 is 1. The molecule has 2 amide bonds. The molecule has 2 aromatic carbocycles. The lowest BCUT2D eigenvalue weighted by atomic mass is 10.1. The lowest BCUT2D eigenvalue weighted by Gasteiger charge is -2.34. The minimum atomic E-state index is -0.0722. The van der Waals surface area contributed by atoms with E-state index in [-0.39, 0.29) is 11.8 Å². The van der Waals surface area contributed by atoms with Crippen molar-refractivity contribution in [3.05, 3.63) is 81.5 Å². The Balaban J connectivity index is 1.37. The van der Waals surface area contributed by atoms with Crippen LogP contribution in [-0.2, 0) is 6.61 Å². The van der Waals surface area contributed by atoms with Gasteiger partial charge in [-0.1, -0.05) is 30.3 Å². The number of nitrogens with zero attached hydrogens (tertiary/aromatic N) is 2. The number of amides is 2. The summed E-state index contributed by atoms with van der Waals surface area (Å²) < 4.78 is 11.3. The van der Waals surface area contributed by atoms with Crippen molar-refractivity contribution >= 4 is 23.2 Å². The molecule has 1 aliphatic heterocycles. The van der Waals surface area contributed by atoms with E-state index >= 15 is 0 Å². The molecule has 1 aliphatic rings. The Morgan fingerprint density at radius 3 is 2.19 bits per heavy atom. The first-order valence-electron chi connectivity index (χ1n) is 10.5. The molecule has 1 saturated heterocycles. The molecule has 6 nitrogen and oxygen atoms in total. The molecule has 0 atom stereocenters. The standard InChI is InChI=1S/C25H26N2O4S/c1-18-8-11-23(32-18)25(29)27-14-12-26(13-15-27)24(28)20-9-10-21(22(16-20)30-2)31-17-19-6-4-3-5-7-19/h3-11,16H,12-15,17H2,1-2H3. The Morgan fingerprint density at radius 2 is 1.56 bits per heavy atom. The van der Waals surface area contributed by atoms with Gasteiger partial charge in [-0.2, -0.15) is 0 Å². The molecule has 0 saturated carbocycles. The van der Waals surface area contributed by atoms with Crippen LogP contribution in [0.1, 0.15) is 30.5 Å². The maximum absolute atomic E-state index is 13.0. The molecular weight excluding hydrogens is 424 g/mol. The van der Waals surface area contributed by atoms with Gasteiger partial charge in [-0.25, -0.2) is 0 Å². The predicted molar refractivity (Wildman–Crippen MR) is 125 cm³/mol. The normalized spacial score (nSPS) is 13.7. The predicted octanol–water partition coefficient (Wildman–Crippen LogP) is 4.24. The second kappa shape index (κ2) is 9.87. The number of hydrogen-bond acceptors (Lipinski definition) is 5. The molecule has 3 aromatic rings. The molecule has 0 bridgehead atoms. The third kappa shape index (κ3) is 4.94. The van der Waals surface area contributed by atoms with Crippen LogP contribution in [0.4, 0.5) is 0 Å². The van der Waals surface area contributed by atoms with E-state index < -0.39 is 0 Å². The van der Waals surface area contributed by atoms with Crippen molar-refractivity contribution in [1.82, 2.24) is 9.80 Å². The van der Waals surface area contributed by atoms with Crippen LogP contribution in [0.15, 0.2) is 60.7 Å². The van der Waals surface area contributed by atoms with Crippen LogP contribution in [0.5, 0.6) is 11.5 Å². The van der Waals surface area contributed by atoms with Crippen LogP contribution >= 0.6 is 11.3 Å². The summed E-state index contributed by atoms with van der Waals surface area (Å²) in [5.41, 5.74) is 1.60. The highest BCUT2D eigenvalue weighted by Crippen LogP contribution is 2.29. The minimum Gasteiger partial charge on any atom is -0.493 e. The van der Waals surface area contributed by atoms with Gasteiger partial charge >= 0.3 is 0 Å². The number of hydrogen-bond donors (Lipinski definition) is 0. The Bertz CT molecular complexity index is 1090. The van der Waals surface area contributed by atoms with E-state index in [0.29, 0.717) is 49.8 Å². The third-order valence-corrected chi connectivity index (χ3v) is 6.44. The van der Waals surface area contributed by atoms with Gasteiger partial charge in [0.15, 0.2) is 11.5 Å². The fourth-order valence-electron chi connectivity index (χ4n) is 3.66. The van der Waals surface area contributed by atoms with Crippen LogP contribution < -0.4 is 9.47 Å². The first-order valence-corrected chi connectivity index (χ1v) is 11.4. The van der Waals surface area contributed by atoms with Crippen LogP contribution in [0.25, 0.3) is 0 Å². The van der Waals surface area contributed by atoms with Crippen molar-refractivity contribution in [3.63, 3.8) is 0 Å². The van der Waals surface area contributed by atoms with E-state index in [0.717, 1.165) is 15.3 Å². The number of thiophene rings is 1. The molecule has 1 aromatic heterocycles. The van der Waals surface area contributed by atoms with Crippen LogP contribution in [0.3, 0.4) is 0 Å². The number of carbonyl (C=O) groups excluding carboxylic acids is 2. The van der Waals surface area contributed by atoms with Crippen molar-refractivity contribution in [2.24, 2.45) is 0 Å². The molecule has 0 spiro atoms. The summed E-state index contributed by atoms with van der Waals surface area (Å²) in [6, 6.07) is 19.0. The molecule has 0 aliphatic carbocycles. The summed E-state index contributed by atoms with van der Waals surface area (Å²) in [5, 5.41) is 0. The van der Waals surface area contributed by atoms with Crippen LogP contribution in [0, 0.1) is 6.92 Å². The van der Waals surface area contributed by atoms with Crippen LogP contribution in [-0.4, -0.2) is 54.9 Å². The Labute approximate surface area is 192 Å². The number of carbonyl (C=O) groups is 2. The summed E-state index contributed by atoms with van der Waals surface area (Å²) in [4.78, 5) is 31.1. The molecule has 166 valence electrons. The fourth-order valence-corrected chi connectivity index (χ4v) is 4.49. The van der Waals surface area contributed by atoms with Gasteiger partial charge < -0.3 is 19.3 Å². The zero-order valence-corrected chi connectivity index (χ0v) is 19.1. The smallest absolute Gasteiger partial charge is 0.264 e. The van der Waals surface area contributed by atoms with E-state index in [1.807, 2.05) is 54.3 Å². The average Bonchev–Trinajstić information content (AvgIpc) is 3.28. The summed E-state index contributed by atoms with van der Waals surface area (Å²) in [6.45, 7) is 4.47. The summed E-state index contributed by atoms with van der Waals surface area (Å²) in [7, 11) is 1.57. The average molecular weight is 451 g/mol. The van der Waals surface area contributed by atoms with Crippen molar-refractivity contribution in [3.8, 4) is 11.5 Å². The summed E-state index contributed by atoms with van der Waals surface area (Å²) in [6.07, 6.45) is 0. The van der Waals surface area contributed by atoms with Gasteiger partial charge in [0.25, 0.3) is 11.8 Å². The zero-order chi connectivity index (χ0) is 22.5. The van der Waals surface area contributed by atoms with E-state index in [4.69, 9.17) is 9.47 Å². The monoisotopic (exact) mass is 450 g/mol. The van der Waals surface area contributed by atoms with Crippen molar-refractivity contribution in [2.75, 3.05) is 33.3 Å². The number of rotatable bonds is 6. The highest BCUT2D eigenvalue weighted by molar-refractivity contribution is 7.13. The molecule has 1 fully saturated rings. The van der Waals surface area contributed by atoms with Gasteiger partial charge in [0.1, 0.15) is 6.61 Å². The Morgan fingerprint density at radius 1 is 0.875 bits per heavy atom. The zero-order valence-electron chi connectivity index (χ0n) is 18.2. The van der Waals surface area contributed by atoms with Crippen molar-refractivity contribution in [1.29, 1.82) is 0 Å². The summed E-state index contributed by atoms with van der Waals surface area (Å²) >= 11 is 1.50. The minimum absolute atomic E-state index is 0.0387. The lowest BCUT2D eigenvalue weighted by molar-refractivity contribution is 0.0538. The molecule has 0 radical (unpaired) electrons. The quantitative estimate of drug-likeness (QED) is 0.564. The molecule has 32 heavy (non-hydrogen) atoms. The number of aryl methyl sites for hydroxylation is 1. The fraction of sp³-hybridized carbons (Fsp3) is 0.280. The molecule has 2 heterocycles. The van der Waals surface area contributed by atoms with E-state index in [2.05, 4.69) is 0 Å². The summed E-state index contributed by atoms with van der Waals surface area (Å²) in [5.74, 6) is 1.08. The van der Waals surface area contributed by atoms with Gasteiger partial charge in [-0.05, 0) is 42.8 Å². The largest absolute Gasteiger partial charge is 0.493 e. The number of piperazine rings is 1. The van der Waals surface area contributed by atoms with Gasteiger partial charge in [-0.3, -0.25) is 9.59 Å². The Kier molecular flexibility index (Phi) is 6.75. The van der Waals surface area contributed by atoms with Gasteiger partial charge in [0.2, 0.25) is 0 Å². The van der Waals surface area contributed by atoms with Gasteiger partial charge in [0, 0.05) is 36.6 Å². The molecule has 7 heteroatoms. The van der Waals surface area contributed by atoms with Crippen molar-refractivity contribution in [2.45, 2.75) is 13.5 Å². The molecular formula is C25H26N2O4S. The highest BCUT2D eigenvalue weighted by atomic mass is 32.1. The first kappa shape index (κ1) is 21.9. The van der Waals surface area contributed by atoms with E-state index in [9.17, 15) is 9.59 Å². The molecule has 4 rings (SSSR count). The lowest BCUT2D eigenvalue weighted by Crippen LogP contribution is -2.50. The first-order chi connectivity index (χ1) is 15.5.